The summed E-state index contributed by atoms with van der Waals surface area (Å²) in [5.41, 5.74) is 0.489. The molecule has 3 fully saturated rings. The SMILES string of the molecule is CC1(C)O[C@@H]2O[C@H](COC(=O)c3ccccc3)[C@H]3OC(C)(C)O[C@H]3[C@@H]2O1. The average molecular weight is 364 g/mol. The first-order valence-electron chi connectivity index (χ1n) is 8.83. The zero-order valence-electron chi connectivity index (χ0n) is 15.3. The Bertz CT molecular complexity index is 672. The Labute approximate surface area is 152 Å². The van der Waals surface area contributed by atoms with Gasteiger partial charge in [-0.15, -0.1) is 0 Å². The molecule has 0 aliphatic carbocycles. The predicted molar refractivity (Wildman–Crippen MR) is 89.2 cm³/mol. The average Bonchev–Trinajstić information content (AvgIpc) is 3.07. The van der Waals surface area contributed by atoms with Gasteiger partial charge in [0.25, 0.3) is 0 Å². The first-order valence-corrected chi connectivity index (χ1v) is 8.83. The zero-order chi connectivity index (χ0) is 18.5. The number of fused-ring (bicyclic) bond motifs is 3. The van der Waals surface area contributed by atoms with Crippen molar-refractivity contribution in [2.75, 3.05) is 6.61 Å². The molecule has 0 unspecified atom stereocenters. The highest BCUT2D eigenvalue weighted by Gasteiger charge is 2.60. The smallest absolute Gasteiger partial charge is 0.338 e. The molecule has 7 nitrogen and oxygen atoms in total. The Morgan fingerprint density at radius 3 is 2.27 bits per heavy atom. The van der Waals surface area contributed by atoms with Crippen LogP contribution in [-0.2, 0) is 28.4 Å². The highest BCUT2D eigenvalue weighted by atomic mass is 16.9. The predicted octanol–water partition coefficient (Wildman–Crippen LogP) is 2.24. The second-order valence-electron chi connectivity index (χ2n) is 7.67. The quantitative estimate of drug-likeness (QED) is 0.762. The maximum Gasteiger partial charge on any atom is 0.338 e. The third-order valence-electron chi connectivity index (χ3n) is 4.64. The fourth-order valence-electron chi connectivity index (χ4n) is 3.64. The van der Waals surface area contributed by atoms with Crippen molar-refractivity contribution < 1.29 is 33.2 Å². The van der Waals surface area contributed by atoms with Gasteiger partial charge in [-0.05, 0) is 39.8 Å². The number of hydrogen-bond donors (Lipinski definition) is 0. The molecule has 0 bridgehead atoms. The molecule has 1 aromatic rings. The standard InChI is InChI=1S/C19H24O7/c1-18(2)23-13-12(10-21-16(20)11-8-6-5-7-9-11)22-17-15(14(13)24-18)25-19(3,4)26-17/h5-9,12-15,17H,10H2,1-4H3/t12-,13-,14-,15+,17+/m1/s1. The van der Waals surface area contributed by atoms with Gasteiger partial charge in [0.2, 0.25) is 0 Å². The molecule has 0 spiro atoms. The number of carbonyl (C=O) groups is 1. The Kier molecular flexibility index (Phi) is 4.32. The molecule has 0 N–H and O–H groups in total. The molecular weight excluding hydrogens is 340 g/mol. The summed E-state index contributed by atoms with van der Waals surface area (Å²) >= 11 is 0. The van der Waals surface area contributed by atoms with E-state index in [2.05, 4.69) is 0 Å². The van der Waals surface area contributed by atoms with E-state index in [1.54, 1.807) is 24.3 Å². The van der Waals surface area contributed by atoms with E-state index in [1.165, 1.54) is 0 Å². The highest BCUT2D eigenvalue weighted by molar-refractivity contribution is 5.89. The minimum absolute atomic E-state index is 0.0430. The van der Waals surface area contributed by atoms with E-state index in [9.17, 15) is 4.79 Å². The Morgan fingerprint density at radius 2 is 1.54 bits per heavy atom. The van der Waals surface area contributed by atoms with Gasteiger partial charge >= 0.3 is 5.97 Å². The van der Waals surface area contributed by atoms with Gasteiger partial charge in [-0.25, -0.2) is 4.79 Å². The largest absolute Gasteiger partial charge is 0.459 e. The van der Waals surface area contributed by atoms with Gasteiger partial charge in [-0.1, -0.05) is 18.2 Å². The van der Waals surface area contributed by atoms with Crippen molar-refractivity contribution >= 4 is 5.97 Å². The van der Waals surface area contributed by atoms with E-state index < -0.39 is 42.1 Å². The molecule has 0 amide bonds. The van der Waals surface area contributed by atoms with Crippen LogP contribution in [0.2, 0.25) is 0 Å². The zero-order valence-corrected chi connectivity index (χ0v) is 15.3. The van der Waals surface area contributed by atoms with Gasteiger partial charge in [-0.2, -0.15) is 0 Å². The number of ether oxygens (including phenoxy) is 6. The summed E-state index contributed by atoms with van der Waals surface area (Å²) in [6.07, 6.45) is -2.26. The molecule has 4 rings (SSSR count). The van der Waals surface area contributed by atoms with Crippen LogP contribution in [0.15, 0.2) is 30.3 Å². The van der Waals surface area contributed by atoms with Crippen molar-refractivity contribution in [1.29, 1.82) is 0 Å². The summed E-state index contributed by atoms with van der Waals surface area (Å²) in [4.78, 5) is 12.2. The number of rotatable bonds is 3. The normalized spacial score (nSPS) is 37.0. The summed E-state index contributed by atoms with van der Waals surface area (Å²) in [7, 11) is 0. The molecule has 5 atom stereocenters. The molecule has 3 heterocycles. The molecule has 7 heteroatoms. The van der Waals surface area contributed by atoms with Crippen molar-refractivity contribution in [3.8, 4) is 0 Å². The van der Waals surface area contributed by atoms with Crippen LogP contribution in [-0.4, -0.2) is 54.9 Å². The molecule has 1 aromatic carbocycles. The third kappa shape index (κ3) is 3.37. The minimum Gasteiger partial charge on any atom is -0.459 e. The second kappa shape index (κ2) is 6.28. The highest BCUT2D eigenvalue weighted by Crippen LogP contribution is 2.44. The molecule has 3 aliphatic rings. The lowest BCUT2D eigenvalue weighted by atomic mass is 9.99. The van der Waals surface area contributed by atoms with Crippen molar-refractivity contribution in [2.24, 2.45) is 0 Å². The van der Waals surface area contributed by atoms with Crippen LogP contribution in [0.25, 0.3) is 0 Å². The van der Waals surface area contributed by atoms with E-state index in [4.69, 9.17) is 28.4 Å². The third-order valence-corrected chi connectivity index (χ3v) is 4.64. The van der Waals surface area contributed by atoms with Gasteiger partial charge in [-0.3, -0.25) is 0 Å². The molecule has 26 heavy (non-hydrogen) atoms. The Hall–Kier alpha value is -1.51. The van der Waals surface area contributed by atoms with Crippen molar-refractivity contribution in [2.45, 2.75) is 70.0 Å². The van der Waals surface area contributed by atoms with E-state index >= 15 is 0 Å². The van der Waals surface area contributed by atoms with E-state index in [-0.39, 0.29) is 12.7 Å². The fourth-order valence-corrected chi connectivity index (χ4v) is 3.64. The van der Waals surface area contributed by atoms with Crippen LogP contribution < -0.4 is 0 Å². The molecule has 3 saturated heterocycles. The Balaban J connectivity index is 1.48. The number of carbonyl (C=O) groups excluding carboxylic acids is 1. The lowest BCUT2D eigenvalue weighted by Gasteiger charge is -2.36. The lowest BCUT2D eigenvalue weighted by Crippen LogP contribution is -2.56. The maximum atomic E-state index is 12.2. The molecule has 0 aromatic heterocycles. The summed E-state index contributed by atoms with van der Waals surface area (Å²) < 4.78 is 35.3. The van der Waals surface area contributed by atoms with Crippen LogP contribution >= 0.6 is 0 Å². The van der Waals surface area contributed by atoms with Gasteiger partial charge in [0, 0.05) is 0 Å². The minimum atomic E-state index is -0.772. The van der Waals surface area contributed by atoms with Crippen LogP contribution in [0.3, 0.4) is 0 Å². The van der Waals surface area contributed by atoms with Crippen LogP contribution in [0.1, 0.15) is 38.1 Å². The summed E-state index contributed by atoms with van der Waals surface area (Å²) in [6, 6.07) is 8.83. The maximum absolute atomic E-state index is 12.2. The first kappa shape index (κ1) is 17.9. The van der Waals surface area contributed by atoms with Gasteiger partial charge in [0.15, 0.2) is 17.9 Å². The van der Waals surface area contributed by atoms with Gasteiger partial charge in [0.05, 0.1) is 5.56 Å². The lowest BCUT2D eigenvalue weighted by molar-refractivity contribution is -0.240. The van der Waals surface area contributed by atoms with E-state index in [0.29, 0.717) is 5.56 Å². The van der Waals surface area contributed by atoms with E-state index in [1.807, 2.05) is 33.8 Å². The monoisotopic (exact) mass is 364 g/mol. The molecule has 3 aliphatic heterocycles. The molecule has 0 radical (unpaired) electrons. The van der Waals surface area contributed by atoms with Crippen molar-refractivity contribution in [3.05, 3.63) is 35.9 Å². The topological polar surface area (TPSA) is 72.5 Å². The summed E-state index contributed by atoms with van der Waals surface area (Å²) in [5.74, 6) is -1.95. The van der Waals surface area contributed by atoms with Crippen LogP contribution in [0, 0.1) is 0 Å². The Morgan fingerprint density at radius 1 is 0.923 bits per heavy atom. The van der Waals surface area contributed by atoms with Crippen LogP contribution in [0.4, 0.5) is 0 Å². The van der Waals surface area contributed by atoms with Crippen molar-refractivity contribution in [1.82, 2.24) is 0 Å². The molecule has 142 valence electrons. The van der Waals surface area contributed by atoms with Gasteiger partial charge in [0.1, 0.15) is 31.0 Å². The number of benzene rings is 1. The summed E-state index contributed by atoms with van der Waals surface area (Å²) in [5, 5.41) is 0. The van der Waals surface area contributed by atoms with Gasteiger partial charge < -0.3 is 28.4 Å². The first-order chi connectivity index (χ1) is 12.2. The fraction of sp³-hybridized carbons (Fsp3) is 0.632. The van der Waals surface area contributed by atoms with E-state index in [0.717, 1.165) is 0 Å². The second-order valence-corrected chi connectivity index (χ2v) is 7.67. The number of esters is 1. The van der Waals surface area contributed by atoms with Crippen LogP contribution in [0.5, 0.6) is 0 Å². The number of hydrogen-bond acceptors (Lipinski definition) is 7. The van der Waals surface area contributed by atoms with Crippen molar-refractivity contribution in [3.63, 3.8) is 0 Å². The summed E-state index contributed by atoms with van der Waals surface area (Å²) in [6.45, 7) is 7.38. The molecular formula is C19H24O7. The molecule has 0 saturated carbocycles.